The minimum atomic E-state index is 0.0381. The van der Waals surface area contributed by atoms with E-state index in [-0.39, 0.29) is 6.04 Å². The molecular weight excluding hydrogens is 328 g/mol. The quantitative estimate of drug-likeness (QED) is 0.454. The van der Waals surface area contributed by atoms with Gasteiger partial charge in [0.2, 0.25) is 0 Å². The predicted octanol–water partition coefficient (Wildman–Crippen LogP) is 5.84. The van der Waals surface area contributed by atoms with E-state index >= 15 is 0 Å². The zero-order valence-corrected chi connectivity index (χ0v) is 14.3. The summed E-state index contributed by atoms with van der Waals surface area (Å²) in [7, 11) is 0. The number of halogens is 1. The van der Waals surface area contributed by atoms with E-state index in [1.807, 2.05) is 48.8 Å². The summed E-state index contributed by atoms with van der Waals surface area (Å²) in [5, 5.41) is 0.704. The van der Waals surface area contributed by atoms with Crippen LogP contribution in [0.4, 0.5) is 0 Å². The molecule has 4 rings (SSSR count). The first kappa shape index (κ1) is 15.7. The van der Waals surface area contributed by atoms with Gasteiger partial charge in [0.25, 0.3) is 0 Å². The minimum Gasteiger partial charge on any atom is -0.319 e. The Balaban J connectivity index is 1.91. The topological polar surface area (TPSA) is 17.8 Å². The zero-order valence-electron chi connectivity index (χ0n) is 13.6. The number of imidazole rings is 1. The Hall–Kier alpha value is -2.84. The van der Waals surface area contributed by atoms with Gasteiger partial charge >= 0.3 is 0 Å². The summed E-state index contributed by atoms with van der Waals surface area (Å²) < 4.78 is 2.19. The maximum absolute atomic E-state index is 6.43. The van der Waals surface area contributed by atoms with Crippen LogP contribution in [0.3, 0.4) is 0 Å². The third-order valence-electron chi connectivity index (χ3n) is 4.29. The molecule has 3 heteroatoms. The molecule has 0 aliphatic carbocycles. The fourth-order valence-corrected chi connectivity index (χ4v) is 3.38. The van der Waals surface area contributed by atoms with Crippen molar-refractivity contribution in [2.45, 2.75) is 6.04 Å². The Kier molecular flexibility index (Phi) is 4.36. The van der Waals surface area contributed by atoms with Crippen molar-refractivity contribution < 1.29 is 0 Å². The van der Waals surface area contributed by atoms with Crippen LogP contribution < -0.4 is 0 Å². The first-order chi connectivity index (χ1) is 12.3. The van der Waals surface area contributed by atoms with Gasteiger partial charge in [-0.05, 0) is 23.3 Å². The molecule has 0 bridgehead atoms. The molecule has 1 aromatic heterocycles. The lowest BCUT2D eigenvalue weighted by Crippen LogP contribution is -2.13. The summed E-state index contributed by atoms with van der Waals surface area (Å²) in [6.45, 7) is 0. The van der Waals surface area contributed by atoms with Crippen LogP contribution >= 0.6 is 11.6 Å². The van der Waals surface area contributed by atoms with Crippen molar-refractivity contribution in [3.05, 3.63) is 113 Å². The first-order valence-corrected chi connectivity index (χ1v) is 8.60. The van der Waals surface area contributed by atoms with Gasteiger partial charge in [0, 0.05) is 18.0 Å². The van der Waals surface area contributed by atoms with Crippen LogP contribution in [0.25, 0.3) is 11.4 Å². The molecule has 0 saturated carbocycles. The molecule has 0 N–H and O–H groups in total. The van der Waals surface area contributed by atoms with Gasteiger partial charge < -0.3 is 4.57 Å². The Morgan fingerprint density at radius 2 is 1.28 bits per heavy atom. The summed E-state index contributed by atoms with van der Waals surface area (Å²) in [4.78, 5) is 4.60. The second kappa shape index (κ2) is 6.96. The maximum Gasteiger partial charge on any atom is 0.142 e. The van der Waals surface area contributed by atoms with Gasteiger partial charge in [0.15, 0.2) is 0 Å². The van der Waals surface area contributed by atoms with Crippen molar-refractivity contribution in [2.75, 3.05) is 0 Å². The average molecular weight is 345 g/mol. The van der Waals surface area contributed by atoms with E-state index < -0.39 is 0 Å². The van der Waals surface area contributed by atoms with Crippen LogP contribution in [0.15, 0.2) is 97.3 Å². The largest absolute Gasteiger partial charge is 0.319 e. The third kappa shape index (κ3) is 3.09. The smallest absolute Gasteiger partial charge is 0.142 e. The summed E-state index contributed by atoms with van der Waals surface area (Å²) in [5.41, 5.74) is 3.35. The number of hydrogen-bond donors (Lipinski definition) is 0. The van der Waals surface area contributed by atoms with Crippen molar-refractivity contribution >= 4 is 11.6 Å². The van der Waals surface area contributed by atoms with Gasteiger partial charge in [-0.2, -0.15) is 0 Å². The molecule has 0 spiro atoms. The van der Waals surface area contributed by atoms with Gasteiger partial charge in [-0.15, -0.1) is 0 Å². The van der Waals surface area contributed by atoms with E-state index in [4.69, 9.17) is 11.6 Å². The number of benzene rings is 3. The second-order valence-electron chi connectivity index (χ2n) is 5.86. The monoisotopic (exact) mass is 344 g/mol. The van der Waals surface area contributed by atoms with Crippen molar-refractivity contribution in [2.24, 2.45) is 0 Å². The highest BCUT2D eigenvalue weighted by molar-refractivity contribution is 6.33. The molecule has 0 aliphatic heterocycles. The summed E-state index contributed by atoms with van der Waals surface area (Å²) in [6.07, 6.45) is 3.85. The van der Waals surface area contributed by atoms with Gasteiger partial charge in [-0.3, -0.25) is 0 Å². The highest BCUT2D eigenvalue weighted by Gasteiger charge is 2.20. The maximum atomic E-state index is 6.43. The van der Waals surface area contributed by atoms with E-state index in [0.29, 0.717) is 5.02 Å². The van der Waals surface area contributed by atoms with Gasteiger partial charge in [0.05, 0.1) is 11.1 Å². The summed E-state index contributed by atoms with van der Waals surface area (Å²) in [6, 6.07) is 28.8. The predicted molar refractivity (Wildman–Crippen MR) is 103 cm³/mol. The van der Waals surface area contributed by atoms with Crippen LogP contribution in [-0.2, 0) is 0 Å². The Labute approximate surface area is 152 Å². The minimum absolute atomic E-state index is 0.0381. The molecule has 0 aliphatic rings. The van der Waals surface area contributed by atoms with E-state index in [9.17, 15) is 0 Å². The molecule has 3 aromatic carbocycles. The number of nitrogens with zero attached hydrogens (tertiary/aromatic N) is 2. The molecule has 1 heterocycles. The first-order valence-electron chi connectivity index (χ1n) is 8.22. The normalized spacial score (nSPS) is 11.0. The lowest BCUT2D eigenvalue weighted by Gasteiger charge is -2.22. The number of rotatable bonds is 4. The van der Waals surface area contributed by atoms with Crippen LogP contribution in [-0.4, -0.2) is 9.55 Å². The second-order valence-corrected chi connectivity index (χ2v) is 6.27. The van der Waals surface area contributed by atoms with Crippen LogP contribution in [0.5, 0.6) is 0 Å². The van der Waals surface area contributed by atoms with E-state index in [1.165, 1.54) is 11.1 Å². The lowest BCUT2D eigenvalue weighted by molar-refractivity contribution is 0.684. The fourth-order valence-electron chi connectivity index (χ4n) is 3.16. The third-order valence-corrected chi connectivity index (χ3v) is 4.62. The van der Waals surface area contributed by atoms with Crippen LogP contribution in [0.1, 0.15) is 17.2 Å². The average Bonchev–Trinajstić information content (AvgIpc) is 3.13. The highest BCUT2D eigenvalue weighted by atomic mass is 35.5. The Bertz CT molecular complexity index is 922. The van der Waals surface area contributed by atoms with E-state index in [0.717, 1.165) is 11.4 Å². The molecule has 4 aromatic rings. The van der Waals surface area contributed by atoms with Crippen molar-refractivity contribution in [1.29, 1.82) is 0 Å². The standard InChI is InChI=1S/C22H17ClN2/c23-20-14-8-7-13-19(20)22-24-15-16-25(22)21(17-9-3-1-4-10-17)18-11-5-2-6-12-18/h1-16,21H. The Morgan fingerprint density at radius 1 is 0.720 bits per heavy atom. The van der Waals surface area contributed by atoms with Gasteiger partial charge in [-0.25, -0.2) is 4.98 Å². The number of hydrogen-bond acceptors (Lipinski definition) is 1. The van der Waals surface area contributed by atoms with Crippen LogP contribution in [0, 0.1) is 0 Å². The molecule has 0 amide bonds. The van der Waals surface area contributed by atoms with Gasteiger partial charge in [0.1, 0.15) is 5.82 Å². The lowest BCUT2D eigenvalue weighted by atomic mass is 9.98. The molecule has 0 saturated heterocycles. The van der Waals surface area contributed by atoms with Crippen LogP contribution in [0.2, 0.25) is 5.02 Å². The molecule has 0 radical (unpaired) electrons. The SMILES string of the molecule is Clc1ccccc1-c1nccn1C(c1ccccc1)c1ccccc1. The molecule has 2 nitrogen and oxygen atoms in total. The summed E-state index contributed by atoms with van der Waals surface area (Å²) >= 11 is 6.43. The molecule has 122 valence electrons. The fraction of sp³-hybridized carbons (Fsp3) is 0.0455. The zero-order chi connectivity index (χ0) is 17.1. The van der Waals surface area contributed by atoms with Gasteiger partial charge in [-0.1, -0.05) is 84.4 Å². The number of aromatic nitrogens is 2. The molecule has 0 atom stereocenters. The van der Waals surface area contributed by atoms with E-state index in [2.05, 4.69) is 58.1 Å². The van der Waals surface area contributed by atoms with Crippen molar-refractivity contribution in [3.8, 4) is 11.4 Å². The molecule has 0 unspecified atom stereocenters. The van der Waals surface area contributed by atoms with Crippen molar-refractivity contribution in [3.63, 3.8) is 0 Å². The molecular formula is C22H17ClN2. The van der Waals surface area contributed by atoms with E-state index in [1.54, 1.807) is 0 Å². The Morgan fingerprint density at radius 3 is 1.88 bits per heavy atom. The van der Waals surface area contributed by atoms with Crippen molar-refractivity contribution in [1.82, 2.24) is 9.55 Å². The summed E-state index contributed by atoms with van der Waals surface area (Å²) in [5.74, 6) is 0.864. The molecule has 0 fully saturated rings. The molecule has 25 heavy (non-hydrogen) atoms. The highest BCUT2D eigenvalue weighted by Crippen LogP contribution is 2.33.